The normalized spacial score (nSPS) is 15.2. The Kier molecular flexibility index (Phi) is 6.89. The SMILES string of the molecule is CC(c1ccc(-c2nc3cc[nH]c(=O)c3cc2-c2ccccc2)cc1)N1CCC(c2n[nH]c(-c3ccccn3)n2)CC1. The Morgan fingerprint density at radius 2 is 1.67 bits per heavy atom. The van der Waals surface area contributed by atoms with Gasteiger partial charge in [0.15, 0.2) is 11.6 Å². The van der Waals surface area contributed by atoms with Crippen molar-refractivity contribution in [2.75, 3.05) is 13.1 Å². The van der Waals surface area contributed by atoms with E-state index in [0.717, 1.165) is 65.7 Å². The Balaban J connectivity index is 1.09. The number of piperidine rings is 1. The first-order chi connectivity index (χ1) is 20.6. The second-order valence-corrected chi connectivity index (χ2v) is 10.9. The average Bonchev–Trinajstić information content (AvgIpc) is 3.56. The summed E-state index contributed by atoms with van der Waals surface area (Å²) in [6, 6.07) is 28.7. The highest BCUT2D eigenvalue weighted by atomic mass is 16.1. The predicted octanol–water partition coefficient (Wildman–Crippen LogP) is 6.38. The van der Waals surface area contributed by atoms with Gasteiger partial charge in [0, 0.05) is 35.5 Å². The van der Waals surface area contributed by atoms with Crippen molar-refractivity contribution in [2.24, 2.45) is 0 Å². The lowest BCUT2D eigenvalue weighted by atomic mass is 9.93. The molecule has 208 valence electrons. The van der Waals surface area contributed by atoms with Crippen LogP contribution in [0.2, 0.25) is 0 Å². The minimum Gasteiger partial charge on any atom is -0.328 e. The van der Waals surface area contributed by atoms with Crippen LogP contribution in [0.5, 0.6) is 0 Å². The molecule has 0 saturated carbocycles. The molecule has 0 spiro atoms. The first kappa shape index (κ1) is 26.0. The molecule has 7 rings (SSSR count). The smallest absolute Gasteiger partial charge is 0.257 e. The molecule has 0 amide bonds. The molecule has 1 unspecified atom stereocenters. The van der Waals surface area contributed by atoms with Gasteiger partial charge < -0.3 is 4.98 Å². The van der Waals surface area contributed by atoms with E-state index in [2.05, 4.69) is 68.4 Å². The zero-order chi connectivity index (χ0) is 28.5. The molecule has 0 radical (unpaired) electrons. The van der Waals surface area contributed by atoms with Crippen LogP contribution in [0.3, 0.4) is 0 Å². The molecule has 8 nitrogen and oxygen atoms in total. The van der Waals surface area contributed by atoms with Gasteiger partial charge in [-0.25, -0.2) is 9.97 Å². The molecule has 1 fully saturated rings. The number of aromatic amines is 2. The van der Waals surface area contributed by atoms with Gasteiger partial charge >= 0.3 is 0 Å². The molecule has 4 aromatic heterocycles. The van der Waals surface area contributed by atoms with Crippen LogP contribution < -0.4 is 5.56 Å². The molecule has 1 atom stereocenters. The highest BCUT2D eigenvalue weighted by Gasteiger charge is 2.27. The number of aromatic nitrogens is 6. The number of hydrogen-bond acceptors (Lipinski definition) is 6. The quantitative estimate of drug-likeness (QED) is 0.248. The van der Waals surface area contributed by atoms with Crippen LogP contribution >= 0.6 is 0 Å². The highest BCUT2D eigenvalue weighted by molar-refractivity contribution is 5.91. The molecule has 8 heteroatoms. The summed E-state index contributed by atoms with van der Waals surface area (Å²) >= 11 is 0. The van der Waals surface area contributed by atoms with Crippen LogP contribution in [0.4, 0.5) is 0 Å². The predicted molar refractivity (Wildman–Crippen MR) is 165 cm³/mol. The second kappa shape index (κ2) is 11.1. The zero-order valence-corrected chi connectivity index (χ0v) is 23.4. The van der Waals surface area contributed by atoms with Gasteiger partial charge in [0.1, 0.15) is 5.69 Å². The van der Waals surface area contributed by atoms with Crippen LogP contribution in [0.1, 0.15) is 43.1 Å². The lowest BCUT2D eigenvalue weighted by Crippen LogP contribution is -2.35. The minimum absolute atomic E-state index is 0.131. The van der Waals surface area contributed by atoms with Crippen LogP contribution in [-0.2, 0) is 0 Å². The van der Waals surface area contributed by atoms with Crippen molar-refractivity contribution in [3.05, 3.63) is 119 Å². The molecular formula is C34H31N7O. The van der Waals surface area contributed by atoms with E-state index in [-0.39, 0.29) is 11.6 Å². The molecular weight excluding hydrogens is 522 g/mol. The maximum absolute atomic E-state index is 12.5. The Bertz CT molecular complexity index is 1870. The Morgan fingerprint density at radius 1 is 0.881 bits per heavy atom. The van der Waals surface area contributed by atoms with E-state index in [1.807, 2.05) is 48.5 Å². The first-order valence-electron chi connectivity index (χ1n) is 14.4. The van der Waals surface area contributed by atoms with Crippen molar-refractivity contribution in [2.45, 2.75) is 31.7 Å². The summed E-state index contributed by atoms with van der Waals surface area (Å²) in [5.41, 5.74) is 6.51. The van der Waals surface area contributed by atoms with Gasteiger partial charge in [-0.05, 0) is 68.2 Å². The number of hydrogen-bond donors (Lipinski definition) is 2. The fourth-order valence-electron chi connectivity index (χ4n) is 5.92. The summed E-state index contributed by atoms with van der Waals surface area (Å²) in [5, 5.41) is 8.17. The van der Waals surface area contributed by atoms with Crippen molar-refractivity contribution < 1.29 is 0 Å². The third kappa shape index (κ3) is 5.01. The van der Waals surface area contributed by atoms with Crippen LogP contribution in [0.25, 0.3) is 44.8 Å². The summed E-state index contributed by atoms with van der Waals surface area (Å²) in [7, 11) is 0. The fourth-order valence-corrected chi connectivity index (χ4v) is 5.92. The van der Waals surface area contributed by atoms with E-state index in [9.17, 15) is 4.79 Å². The summed E-state index contributed by atoms with van der Waals surface area (Å²) in [5.74, 6) is 1.95. The standard InChI is InChI=1S/C34H31N7O/c1-22(41-19-15-26(16-20-41)32-38-33(40-39-32)30-9-5-6-17-35-30)23-10-12-25(13-11-23)31-27(24-7-3-2-4-8-24)21-28-29(37-31)14-18-36-34(28)42/h2-14,17-18,21-22,26H,15-16,19-20H2,1H3,(H,36,42)(H,38,39,40). The van der Waals surface area contributed by atoms with E-state index in [4.69, 9.17) is 9.97 Å². The van der Waals surface area contributed by atoms with E-state index < -0.39 is 0 Å². The summed E-state index contributed by atoms with van der Waals surface area (Å²) in [4.78, 5) is 31.9. The average molecular weight is 554 g/mol. The van der Waals surface area contributed by atoms with Gasteiger partial charge in [0.25, 0.3) is 5.56 Å². The molecule has 0 aliphatic carbocycles. The second-order valence-electron chi connectivity index (χ2n) is 10.9. The Morgan fingerprint density at radius 3 is 2.43 bits per heavy atom. The molecule has 1 saturated heterocycles. The molecule has 2 N–H and O–H groups in total. The molecule has 42 heavy (non-hydrogen) atoms. The lowest BCUT2D eigenvalue weighted by Gasteiger charge is -2.35. The fraction of sp³-hybridized carbons (Fsp3) is 0.206. The molecule has 1 aliphatic rings. The maximum atomic E-state index is 12.5. The highest BCUT2D eigenvalue weighted by Crippen LogP contribution is 2.35. The summed E-state index contributed by atoms with van der Waals surface area (Å²) < 4.78 is 0. The van der Waals surface area contributed by atoms with Gasteiger partial charge in [-0.2, -0.15) is 5.10 Å². The molecule has 5 heterocycles. The van der Waals surface area contributed by atoms with E-state index in [1.54, 1.807) is 12.4 Å². The van der Waals surface area contributed by atoms with Gasteiger partial charge in [-0.1, -0.05) is 60.7 Å². The first-order valence-corrected chi connectivity index (χ1v) is 14.4. The lowest BCUT2D eigenvalue weighted by molar-refractivity contribution is 0.160. The van der Waals surface area contributed by atoms with E-state index in [0.29, 0.717) is 16.8 Å². The third-order valence-electron chi connectivity index (χ3n) is 8.36. The zero-order valence-electron chi connectivity index (χ0n) is 23.4. The number of fused-ring (bicyclic) bond motifs is 1. The summed E-state index contributed by atoms with van der Waals surface area (Å²) in [6.45, 7) is 4.25. The number of rotatable bonds is 6. The van der Waals surface area contributed by atoms with Crippen LogP contribution in [0.15, 0.2) is 102 Å². The van der Waals surface area contributed by atoms with Crippen molar-refractivity contribution in [1.82, 2.24) is 35.0 Å². The molecule has 2 aromatic carbocycles. The number of benzene rings is 2. The number of nitrogens with one attached hydrogen (secondary N) is 2. The number of likely N-dealkylation sites (tertiary alicyclic amines) is 1. The molecule has 0 bridgehead atoms. The van der Waals surface area contributed by atoms with Gasteiger partial charge in [-0.3, -0.25) is 19.8 Å². The number of pyridine rings is 3. The molecule has 1 aliphatic heterocycles. The summed E-state index contributed by atoms with van der Waals surface area (Å²) in [6.07, 6.45) is 5.46. The van der Waals surface area contributed by atoms with Gasteiger partial charge in [-0.15, -0.1) is 0 Å². The van der Waals surface area contributed by atoms with E-state index in [1.165, 1.54) is 5.56 Å². The van der Waals surface area contributed by atoms with Crippen molar-refractivity contribution in [1.29, 1.82) is 0 Å². The van der Waals surface area contributed by atoms with Crippen LogP contribution in [0, 0.1) is 0 Å². The van der Waals surface area contributed by atoms with Gasteiger partial charge in [0.05, 0.1) is 16.6 Å². The topological polar surface area (TPSA) is 103 Å². The maximum Gasteiger partial charge on any atom is 0.257 e. The van der Waals surface area contributed by atoms with Gasteiger partial charge in [0.2, 0.25) is 0 Å². The number of H-pyrrole nitrogens is 2. The van der Waals surface area contributed by atoms with Crippen molar-refractivity contribution in [3.8, 4) is 33.9 Å². The van der Waals surface area contributed by atoms with Crippen molar-refractivity contribution in [3.63, 3.8) is 0 Å². The largest absolute Gasteiger partial charge is 0.328 e. The Labute approximate surface area is 243 Å². The van der Waals surface area contributed by atoms with Crippen LogP contribution in [-0.4, -0.2) is 48.1 Å². The monoisotopic (exact) mass is 553 g/mol. The van der Waals surface area contributed by atoms with E-state index >= 15 is 0 Å². The van der Waals surface area contributed by atoms with Crippen molar-refractivity contribution >= 4 is 10.9 Å². The minimum atomic E-state index is -0.131. The third-order valence-corrected chi connectivity index (χ3v) is 8.36. The number of nitrogens with zero attached hydrogens (tertiary/aromatic N) is 5. The molecule has 6 aromatic rings. The Hall–Kier alpha value is -4.95.